The van der Waals surface area contributed by atoms with Gasteiger partial charge < -0.3 is 10.4 Å². The summed E-state index contributed by atoms with van der Waals surface area (Å²) in [6, 6.07) is 6.89. The summed E-state index contributed by atoms with van der Waals surface area (Å²) in [7, 11) is 0. The first-order valence-electron chi connectivity index (χ1n) is 6.21. The highest BCUT2D eigenvalue weighted by atomic mass is 16.4. The maximum absolute atomic E-state index is 11.3. The summed E-state index contributed by atoms with van der Waals surface area (Å²) in [5.41, 5.74) is 0.811. The van der Waals surface area contributed by atoms with Crippen molar-refractivity contribution in [3.8, 4) is 0 Å². The number of rotatable bonds is 4. The Labute approximate surface area is 111 Å². The summed E-state index contributed by atoms with van der Waals surface area (Å²) in [6.07, 6.45) is 0. The molecule has 0 aliphatic rings. The topological polar surface area (TPSA) is 75.1 Å². The van der Waals surface area contributed by atoms with Crippen LogP contribution >= 0.6 is 0 Å². The third-order valence-corrected chi connectivity index (χ3v) is 2.94. The normalized spacial score (nSPS) is 12.6. The molecule has 1 heterocycles. The summed E-state index contributed by atoms with van der Waals surface area (Å²) in [5, 5.41) is 13.1. The number of nitrogens with one attached hydrogen (secondary N) is 1. The molecule has 0 fully saturated rings. The predicted octanol–water partition coefficient (Wildman–Crippen LogP) is 2.46. The van der Waals surface area contributed by atoms with Crippen LogP contribution in [0.15, 0.2) is 24.3 Å². The summed E-state index contributed by atoms with van der Waals surface area (Å²) >= 11 is 0. The minimum absolute atomic E-state index is 0.0356. The summed E-state index contributed by atoms with van der Waals surface area (Å²) < 4.78 is 0. The first-order chi connectivity index (χ1) is 8.99. The van der Waals surface area contributed by atoms with Crippen LogP contribution in [0.3, 0.4) is 0 Å². The number of hydrogen-bond donors (Lipinski definition) is 2. The molecule has 2 rings (SSSR count). The lowest BCUT2D eigenvalue weighted by Gasteiger charge is -2.19. The Bertz CT molecular complexity index is 611. The van der Waals surface area contributed by atoms with Gasteiger partial charge in [-0.15, -0.1) is 0 Å². The van der Waals surface area contributed by atoms with Gasteiger partial charge in [0.2, 0.25) is 0 Å². The Balaban J connectivity index is 2.47. The number of benzene rings is 1. The van der Waals surface area contributed by atoms with Crippen LogP contribution in [0, 0.1) is 12.8 Å². The van der Waals surface area contributed by atoms with E-state index in [1.807, 2.05) is 38.1 Å². The van der Waals surface area contributed by atoms with E-state index in [4.69, 9.17) is 0 Å². The van der Waals surface area contributed by atoms with E-state index in [1.165, 1.54) is 0 Å². The van der Waals surface area contributed by atoms with E-state index < -0.39 is 12.0 Å². The van der Waals surface area contributed by atoms with Crippen molar-refractivity contribution in [2.24, 2.45) is 5.92 Å². The molecule has 0 bridgehead atoms. The molecule has 0 saturated heterocycles. The zero-order valence-electron chi connectivity index (χ0n) is 11.2. The second-order valence-corrected chi connectivity index (χ2v) is 4.84. The SMILES string of the molecule is Cc1nc(N[C@H](C(=O)O)C(C)C)c2ccccc2n1. The van der Waals surface area contributed by atoms with E-state index >= 15 is 0 Å². The molecule has 0 radical (unpaired) electrons. The van der Waals surface area contributed by atoms with E-state index in [0.29, 0.717) is 11.6 Å². The third kappa shape index (κ3) is 2.81. The molecule has 0 aliphatic heterocycles. The van der Waals surface area contributed by atoms with Crippen molar-refractivity contribution >= 4 is 22.7 Å². The van der Waals surface area contributed by atoms with E-state index in [0.717, 1.165) is 10.9 Å². The van der Waals surface area contributed by atoms with Crippen molar-refractivity contribution in [1.29, 1.82) is 0 Å². The third-order valence-electron chi connectivity index (χ3n) is 2.94. The summed E-state index contributed by atoms with van der Waals surface area (Å²) in [5.74, 6) is 0.278. The fourth-order valence-corrected chi connectivity index (χ4v) is 1.96. The maximum Gasteiger partial charge on any atom is 0.326 e. The molecule has 1 aromatic heterocycles. The molecule has 5 heteroatoms. The van der Waals surface area contributed by atoms with Gasteiger partial charge in [-0.05, 0) is 25.0 Å². The van der Waals surface area contributed by atoms with Gasteiger partial charge in [0.15, 0.2) is 0 Å². The van der Waals surface area contributed by atoms with Gasteiger partial charge in [0, 0.05) is 5.39 Å². The number of aryl methyl sites for hydroxylation is 1. The second kappa shape index (κ2) is 5.22. The van der Waals surface area contributed by atoms with E-state index in [-0.39, 0.29) is 5.92 Å². The molecule has 0 saturated carbocycles. The van der Waals surface area contributed by atoms with Crippen LogP contribution in [0.1, 0.15) is 19.7 Å². The number of nitrogens with zero attached hydrogens (tertiary/aromatic N) is 2. The molecule has 0 spiro atoms. The minimum Gasteiger partial charge on any atom is -0.480 e. The molecule has 0 aliphatic carbocycles. The molecule has 0 unspecified atom stereocenters. The summed E-state index contributed by atoms with van der Waals surface area (Å²) in [6.45, 7) is 5.52. The number of carboxylic acids is 1. The minimum atomic E-state index is -0.879. The average Bonchev–Trinajstić information content (AvgIpc) is 2.34. The predicted molar refractivity (Wildman–Crippen MR) is 74.2 cm³/mol. The lowest BCUT2D eigenvalue weighted by molar-refractivity contribution is -0.138. The fourth-order valence-electron chi connectivity index (χ4n) is 1.96. The zero-order valence-corrected chi connectivity index (χ0v) is 11.2. The quantitative estimate of drug-likeness (QED) is 0.882. The van der Waals surface area contributed by atoms with Crippen molar-refractivity contribution in [1.82, 2.24) is 9.97 Å². The van der Waals surface area contributed by atoms with Gasteiger partial charge in [-0.3, -0.25) is 0 Å². The Morgan fingerprint density at radius 3 is 2.58 bits per heavy atom. The van der Waals surface area contributed by atoms with Crippen LogP contribution in [0.5, 0.6) is 0 Å². The van der Waals surface area contributed by atoms with E-state index in [1.54, 1.807) is 6.92 Å². The van der Waals surface area contributed by atoms with Gasteiger partial charge in [-0.1, -0.05) is 26.0 Å². The standard InChI is InChI=1S/C14H17N3O2/c1-8(2)12(14(18)19)17-13-10-6-4-5-7-11(10)15-9(3)16-13/h4-8,12H,1-3H3,(H,18,19)(H,15,16,17)/t12-/m0/s1. The number of anilines is 1. The molecule has 19 heavy (non-hydrogen) atoms. The smallest absolute Gasteiger partial charge is 0.326 e. The maximum atomic E-state index is 11.3. The van der Waals surface area contributed by atoms with Crippen LogP contribution in [0.25, 0.3) is 10.9 Å². The Morgan fingerprint density at radius 1 is 1.26 bits per heavy atom. The van der Waals surface area contributed by atoms with Crippen LogP contribution in [-0.2, 0) is 4.79 Å². The van der Waals surface area contributed by atoms with Crippen molar-refractivity contribution in [3.05, 3.63) is 30.1 Å². The lowest BCUT2D eigenvalue weighted by atomic mass is 10.0. The number of aromatic nitrogens is 2. The summed E-state index contributed by atoms with van der Waals surface area (Å²) in [4.78, 5) is 19.9. The van der Waals surface area contributed by atoms with Gasteiger partial charge in [0.05, 0.1) is 5.52 Å². The van der Waals surface area contributed by atoms with Crippen molar-refractivity contribution in [2.45, 2.75) is 26.8 Å². The van der Waals surface area contributed by atoms with Gasteiger partial charge in [-0.2, -0.15) is 0 Å². The van der Waals surface area contributed by atoms with Gasteiger partial charge in [0.1, 0.15) is 17.7 Å². The lowest BCUT2D eigenvalue weighted by Crippen LogP contribution is -2.34. The zero-order chi connectivity index (χ0) is 14.0. The number of carbonyl (C=O) groups is 1. The number of hydrogen-bond acceptors (Lipinski definition) is 4. The van der Waals surface area contributed by atoms with Crippen LogP contribution < -0.4 is 5.32 Å². The highest BCUT2D eigenvalue weighted by Gasteiger charge is 2.22. The molecule has 1 atom stereocenters. The monoisotopic (exact) mass is 259 g/mol. The van der Waals surface area contributed by atoms with Crippen molar-refractivity contribution < 1.29 is 9.90 Å². The van der Waals surface area contributed by atoms with Gasteiger partial charge in [-0.25, -0.2) is 14.8 Å². The van der Waals surface area contributed by atoms with E-state index in [9.17, 15) is 9.90 Å². The molecule has 1 aromatic carbocycles. The molecular weight excluding hydrogens is 242 g/mol. The van der Waals surface area contributed by atoms with Gasteiger partial charge in [0.25, 0.3) is 0 Å². The van der Waals surface area contributed by atoms with E-state index in [2.05, 4.69) is 15.3 Å². The Kier molecular flexibility index (Phi) is 3.64. The molecular formula is C14H17N3O2. The van der Waals surface area contributed by atoms with Crippen LogP contribution in [0.4, 0.5) is 5.82 Å². The first-order valence-corrected chi connectivity index (χ1v) is 6.21. The van der Waals surface area contributed by atoms with Crippen molar-refractivity contribution in [3.63, 3.8) is 0 Å². The Morgan fingerprint density at radius 2 is 1.95 bits per heavy atom. The van der Waals surface area contributed by atoms with Crippen LogP contribution in [0.2, 0.25) is 0 Å². The van der Waals surface area contributed by atoms with Crippen LogP contribution in [-0.4, -0.2) is 27.1 Å². The largest absolute Gasteiger partial charge is 0.480 e. The molecule has 2 aromatic rings. The molecule has 0 amide bonds. The number of aliphatic carboxylic acids is 1. The molecule has 2 N–H and O–H groups in total. The second-order valence-electron chi connectivity index (χ2n) is 4.84. The average molecular weight is 259 g/mol. The number of fused-ring (bicyclic) bond motifs is 1. The Hall–Kier alpha value is -2.17. The molecule has 5 nitrogen and oxygen atoms in total. The number of carboxylic acid groups (broad SMARTS) is 1. The number of para-hydroxylation sites is 1. The highest BCUT2D eigenvalue weighted by molar-refractivity contribution is 5.90. The fraction of sp³-hybridized carbons (Fsp3) is 0.357. The first kappa shape index (κ1) is 13.3. The molecule has 100 valence electrons. The van der Waals surface area contributed by atoms with Gasteiger partial charge >= 0.3 is 5.97 Å². The van der Waals surface area contributed by atoms with Crippen molar-refractivity contribution in [2.75, 3.05) is 5.32 Å². The highest BCUT2D eigenvalue weighted by Crippen LogP contribution is 2.21.